The molecule has 0 unspecified atom stereocenters. The lowest BCUT2D eigenvalue weighted by Gasteiger charge is -2.39. The SMILES string of the molecule is CCCCCCCCCCCCCCCCCCCCC[N+](CCCCC(=O)O)(CCCCC(=O)O)CCCCC(=O)O. The van der Waals surface area contributed by atoms with Crippen molar-refractivity contribution in [2.75, 3.05) is 26.2 Å². The normalized spacial score (nSPS) is 11.7. The molecule has 7 nitrogen and oxygen atoms in total. The van der Waals surface area contributed by atoms with E-state index in [1.807, 2.05) is 0 Å². The Hall–Kier alpha value is -1.63. The van der Waals surface area contributed by atoms with Gasteiger partial charge in [-0.05, 0) is 51.4 Å². The summed E-state index contributed by atoms with van der Waals surface area (Å²) < 4.78 is 0.873. The Bertz CT molecular complexity index is 613. The Labute approximate surface area is 264 Å². The van der Waals surface area contributed by atoms with Gasteiger partial charge in [0.2, 0.25) is 0 Å². The predicted molar refractivity (Wildman–Crippen MR) is 178 cm³/mol. The van der Waals surface area contributed by atoms with E-state index in [9.17, 15) is 14.4 Å². The molecule has 0 fully saturated rings. The quantitative estimate of drug-likeness (QED) is 0.0485. The summed E-state index contributed by atoms with van der Waals surface area (Å²) in [6, 6.07) is 0. The second-order valence-corrected chi connectivity index (χ2v) is 13.2. The molecule has 254 valence electrons. The van der Waals surface area contributed by atoms with E-state index in [4.69, 9.17) is 15.3 Å². The van der Waals surface area contributed by atoms with Crippen LogP contribution in [0.4, 0.5) is 0 Å². The molecular weight excluding hydrogens is 542 g/mol. The van der Waals surface area contributed by atoms with Gasteiger partial charge >= 0.3 is 17.9 Å². The van der Waals surface area contributed by atoms with E-state index in [2.05, 4.69) is 6.92 Å². The second-order valence-electron chi connectivity index (χ2n) is 13.2. The van der Waals surface area contributed by atoms with Crippen LogP contribution in [0.15, 0.2) is 0 Å². The van der Waals surface area contributed by atoms with Crippen molar-refractivity contribution in [2.24, 2.45) is 0 Å². The number of hydrogen-bond donors (Lipinski definition) is 3. The molecule has 0 radical (unpaired) electrons. The highest BCUT2D eigenvalue weighted by atomic mass is 16.4. The molecule has 7 heteroatoms. The highest BCUT2D eigenvalue weighted by Gasteiger charge is 2.26. The number of rotatable bonds is 35. The van der Waals surface area contributed by atoms with E-state index in [1.54, 1.807) is 0 Å². The molecule has 0 amide bonds. The van der Waals surface area contributed by atoms with Crippen LogP contribution in [0.25, 0.3) is 0 Å². The largest absolute Gasteiger partial charge is 0.481 e. The van der Waals surface area contributed by atoms with Crippen LogP contribution in [0, 0.1) is 0 Å². The summed E-state index contributed by atoms with van der Waals surface area (Å²) in [5, 5.41) is 27.2. The third-order valence-electron chi connectivity index (χ3n) is 9.06. The maximum absolute atomic E-state index is 11.0. The van der Waals surface area contributed by atoms with E-state index >= 15 is 0 Å². The molecule has 0 aliphatic heterocycles. The highest BCUT2D eigenvalue weighted by molar-refractivity contribution is 5.67. The van der Waals surface area contributed by atoms with E-state index in [1.165, 1.54) is 116 Å². The van der Waals surface area contributed by atoms with Gasteiger partial charge < -0.3 is 19.8 Å². The van der Waals surface area contributed by atoms with Crippen molar-refractivity contribution >= 4 is 17.9 Å². The van der Waals surface area contributed by atoms with Crippen molar-refractivity contribution < 1.29 is 34.2 Å². The van der Waals surface area contributed by atoms with Crippen molar-refractivity contribution in [3.05, 3.63) is 0 Å². The van der Waals surface area contributed by atoms with Crippen LogP contribution in [0.5, 0.6) is 0 Å². The third-order valence-corrected chi connectivity index (χ3v) is 9.06. The molecule has 0 spiro atoms. The average Bonchev–Trinajstić information content (AvgIpc) is 2.96. The van der Waals surface area contributed by atoms with Gasteiger partial charge in [-0.3, -0.25) is 14.4 Å². The molecule has 0 aliphatic carbocycles. The maximum atomic E-state index is 11.0. The minimum Gasteiger partial charge on any atom is -0.481 e. The van der Waals surface area contributed by atoms with Crippen LogP contribution in [-0.4, -0.2) is 63.9 Å². The first-order valence-corrected chi connectivity index (χ1v) is 18.3. The molecule has 0 saturated carbocycles. The maximum Gasteiger partial charge on any atom is 0.303 e. The van der Waals surface area contributed by atoms with Gasteiger partial charge in [-0.2, -0.15) is 0 Å². The van der Waals surface area contributed by atoms with Crippen LogP contribution in [0.1, 0.15) is 187 Å². The first kappa shape index (κ1) is 41.4. The van der Waals surface area contributed by atoms with Crippen molar-refractivity contribution in [1.82, 2.24) is 0 Å². The van der Waals surface area contributed by atoms with Crippen molar-refractivity contribution in [2.45, 2.75) is 187 Å². The van der Waals surface area contributed by atoms with Crippen LogP contribution >= 0.6 is 0 Å². The summed E-state index contributed by atoms with van der Waals surface area (Å²) in [5.41, 5.74) is 0. The zero-order valence-electron chi connectivity index (χ0n) is 28.1. The molecule has 3 N–H and O–H groups in total. The van der Waals surface area contributed by atoms with Crippen LogP contribution < -0.4 is 0 Å². The zero-order valence-corrected chi connectivity index (χ0v) is 28.1. The lowest BCUT2D eigenvalue weighted by molar-refractivity contribution is -0.929. The van der Waals surface area contributed by atoms with Gasteiger partial charge in [0.15, 0.2) is 0 Å². The summed E-state index contributed by atoms with van der Waals surface area (Å²) >= 11 is 0. The first-order chi connectivity index (χ1) is 20.8. The van der Waals surface area contributed by atoms with Gasteiger partial charge in [0.05, 0.1) is 26.2 Å². The Balaban J connectivity index is 4.24. The number of carboxylic acid groups (broad SMARTS) is 3. The summed E-state index contributed by atoms with van der Waals surface area (Å²) in [4.78, 5) is 33.1. The van der Waals surface area contributed by atoms with Gasteiger partial charge in [0.25, 0.3) is 0 Å². The third kappa shape index (κ3) is 30.2. The molecule has 0 aromatic carbocycles. The predicted octanol–water partition coefficient (Wildman–Crippen LogP) is 10.00. The zero-order chi connectivity index (χ0) is 31.9. The van der Waals surface area contributed by atoms with E-state index < -0.39 is 17.9 Å². The first-order valence-electron chi connectivity index (χ1n) is 18.3. The molecule has 43 heavy (non-hydrogen) atoms. The minimum atomic E-state index is -0.764. The van der Waals surface area contributed by atoms with E-state index in [0.717, 1.165) is 56.3 Å². The van der Waals surface area contributed by atoms with E-state index in [-0.39, 0.29) is 19.3 Å². The Morgan fingerprint density at radius 2 is 0.558 bits per heavy atom. The molecule has 0 rings (SSSR count). The number of hydrogen-bond acceptors (Lipinski definition) is 3. The summed E-state index contributed by atoms with van der Waals surface area (Å²) in [5.74, 6) is -2.29. The molecule has 0 aliphatic rings. The fourth-order valence-corrected chi connectivity index (χ4v) is 6.37. The fourth-order valence-electron chi connectivity index (χ4n) is 6.37. The van der Waals surface area contributed by atoms with Crippen LogP contribution in [0.3, 0.4) is 0 Å². The van der Waals surface area contributed by atoms with Gasteiger partial charge in [0, 0.05) is 19.3 Å². The van der Waals surface area contributed by atoms with Gasteiger partial charge in [0.1, 0.15) is 0 Å². The number of carboxylic acids is 3. The van der Waals surface area contributed by atoms with Gasteiger partial charge in [-0.1, -0.05) is 116 Å². The number of nitrogens with zero attached hydrogens (tertiary/aromatic N) is 1. The van der Waals surface area contributed by atoms with Crippen molar-refractivity contribution in [1.29, 1.82) is 0 Å². The Morgan fingerprint density at radius 3 is 0.791 bits per heavy atom. The van der Waals surface area contributed by atoms with Crippen molar-refractivity contribution in [3.63, 3.8) is 0 Å². The summed E-state index contributed by atoms with van der Waals surface area (Å²) in [7, 11) is 0. The van der Waals surface area contributed by atoms with Gasteiger partial charge in [-0.25, -0.2) is 0 Å². The smallest absolute Gasteiger partial charge is 0.303 e. The number of carbonyl (C=O) groups is 3. The lowest BCUT2D eigenvalue weighted by atomic mass is 10.0. The molecule has 0 aromatic heterocycles. The summed E-state index contributed by atoms with van der Waals surface area (Å²) in [6.07, 6.45) is 30.7. The number of unbranched alkanes of at least 4 members (excludes halogenated alkanes) is 21. The monoisotopic (exact) mass is 613 g/mol. The fraction of sp³-hybridized carbons (Fsp3) is 0.917. The van der Waals surface area contributed by atoms with Crippen LogP contribution in [-0.2, 0) is 14.4 Å². The molecule has 0 bridgehead atoms. The Kier molecular flexibility index (Phi) is 29.2. The highest BCUT2D eigenvalue weighted by Crippen LogP contribution is 2.20. The molecule has 0 aromatic rings. The van der Waals surface area contributed by atoms with Crippen molar-refractivity contribution in [3.8, 4) is 0 Å². The number of aliphatic carboxylic acids is 3. The Morgan fingerprint density at radius 1 is 0.349 bits per heavy atom. The number of quaternary nitrogens is 1. The topological polar surface area (TPSA) is 112 Å². The molecule has 0 atom stereocenters. The van der Waals surface area contributed by atoms with E-state index in [0.29, 0.717) is 19.3 Å². The molecule has 0 saturated heterocycles. The lowest BCUT2D eigenvalue weighted by Crippen LogP contribution is -2.51. The average molecular weight is 613 g/mol. The standard InChI is InChI=1S/C36H69NO6/c1-2-3-4-5-6-7-8-9-10-11-12-13-14-15-16-17-18-19-23-30-37(31-24-20-27-34(38)39,32-25-21-28-35(40)41)33-26-22-29-36(42)43/h2-33H2,1H3,(H2-,38,39,40,41,42,43)/p+1. The molecule has 0 heterocycles. The van der Waals surface area contributed by atoms with Gasteiger partial charge in [-0.15, -0.1) is 0 Å². The molecular formula is C36H70NO6+. The second kappa shape index (κ2) is 30.4. The van der Waals surface area contributed by atoms with Crippen LogP contribution in [0.2, 0.25) is 0 Å². The minimum absolute atomic E-state index is 0.178. The summed E-state index contributed by atoms with van der Waals surface area (Å²) in [6.45, 7) is 5.98.